The van der Waals surface area contributed by atoms with Gasteiger partial charge in [0.05, 0.1) is 6.54 Å². The van der Waals surface area contributed by atoms with Crippen molar-refractivity contribution in [3.63, 3.8) is 0 Å². The summed E-state index contributed by atoms with van der Waals surface area (Å²) in [5, 5.41) is 3.23. The van der Waals surface area contributed by atoms with Crippen molar-refractivity contribution in [3.8, 4) is 12.3 Å². The third-order valence-electron chi connectivity index (χ3n) is 2.90. The van der Waals surface area contributed by atoms with E-state index in [1.807, 2.05) is 0 Å². The third kappa shape index (κ3) is 4.13. The summed E-state index contributed by atoms with van der Waals surface area (Å²) in [6.07, 6.45) is 9.27. The maximum Gasteiger partial charge on any atom is 0.0574 e. The van der Waals surface area contributed by atoms with E-state index in [0.717, 1.165) is 19.0 Å². The van der Waals surface area contributed by atoms with Crippen molar-refractivity contribution in [2.45, 2.75) is 26.2 Å². The zero-order valence-corrected chi connectivity index (χ0v) is 9.26. The maximum absolute atomic E-state index is 5.16. The van der Waals surface area contributed by atoms with Gasteiger partial charge >= 0.3 is 0 Å². The molecule has 2 heteroatoms. The Morgan fingerprint density at radius 1 is 1.57 bits per heavy atom. The van der Waals surface area contributed by atoms with E-state index in [-0.39, 0.29) is 0 Å². The first-order valence-corrected chi connectivity index (χ1v) is 5.73. The Labute approximate surface area is 88.1 Å². The molecule has 2 nitrogen and oxygen atoms in total. The Morgan fingerprint density at radius 2 is 2.43 bits per heavy atom. The predicted molar refractivity (Wildman–Crippen MR) is 61.2 cm³/mol. The summed E-state index contributed by atoms with van der Waals surface area (Å²) in [5.74, 6) is 3.54. The monoisotopic (exact) mass is 194 g/mol. The smallest absolute Gasteiger partial charge is 0.0574 e. The van der Waals surface area contributed by atoms with Gasteiger partial charge in [-0.15, -0.1) is 6.42 Å². The fraction of sp³-hybridized carbons (Fsp3) is 0.833. The summed E-state index contributed by atoms with van der Waals surface area (Å²) < 4.78 is 0. The number of hydrogen-bond donors (Lipinski definition) is 1. The van der Waals surface area contributed by atoms with Gasteiger partial charge in [0.1, 0.15) is 0 Å². The van der Waals surface area contributed by atoms with E-state index >= 15 is 0 Å². The van der Waals surface area contributed by atoms with Crippen molar-refractivity contribution in [1.29, 1.82) is 0 Å². The first kappa shape index (κ1) is 11.6. The second-order valence-corrected chi connectivity index (χ2v) is 4.12. The Hall–Kier alpha value is -0.520. The van der Waals surface area contributed by atoms with Gasteiger partial charge in [-0.25, -0.2) is 0 Å². The van der Waals surface area contributed by atoms with Crippen LogP contribution in [0.4, 0.5) is 0 Å². The van der Waals surface area contributed by atoms with Crippen molar-refractivity contribution in [2.24, 2.45) is 5.92 Å². The van der Waals surface area contributed by atoms with E-state index in [4.69, 9.17) is 6.42 Å². The number of terminal acetylenes is 1. The maximum atomic E-state index is 5.16. The molecule has 0 aromatic heterocycles. The highest BCUT2D eigenvalue weighted by molar-refractivity contribution is 4.86. The highest BCUT2D eigenvalue weighted by Crippen LogP contribution is 2.19. The highest BCUT2D eigenvalue weighted by atomic mass is 15.2. The van der Waals surface area contributed by atoms with Crippen molar-refractivity contribution in [2.75, 3.05) is 32.7 Å². The average Bonchev–Trinajstić information content (AvgIpc) is 2.61. The molecule has 0 saturated carbocycles. The predicted octanol–water partition coefficient (Wildman–Crippen LogP) is 1.33. The van der Waals surface area contributed by atoms with Crippen LogP contribution in [0, 0.1) is 18.3 Å². The Morgan fingerprint density at radius 3 is 3.14 bits per heavy atom. The molecule has 1 saturated heterocycles. The number of nitrogens with one attached hydrogen (secondary N) is 1. The summed E-state index contributed by atoms with van der Waals surface area (Å²) in [7, 11) is 0. The normalized spacial score (nSPS) is 22.4. The lowest BCUT2D eigenvalue weighted by Crippen LogP contribution is -2.30. The lowest BCUT2D eigenvalue weighted by atomic mass is 10.0. The van der Waals surface area contributed by atoms with Crippen LogP contribution in [0.3, 0.4) is 0 Å². The lowest BCUT2D eigenvalue weighted by molar-refractivity contribution is 0.320. The van der Waals surface area contributed by atoms with E-state index in [0.29, 0.717) is 6.54 Å². The Kier molecular flexibility index (Phi) is 5.66. The van der Waals surface area contributed by atoms with Crippen LogP contribution < -0.4 is 5.32 Å². The molecule has 1 aliphatic rings. The Bertz CT molecular complexity index is 183. The first-order chi connectivity index (χ1) is 6.86. The van der Waals surface area contributed by atoms with Gasteiger partial charge in [-0.05, 0) is 25.3 Å². The van der Waals surface area contributed by atoms with Crippen LogP contribution >= 0.6 is 0 Å². The summed E-state index contributed by atoms with van der Waals surface area (Å²) in [6.45, 7) is 7.74. The number of likely N-dealkylation sites (tertiary alicyclic amines) is 1. The minimum atomic E-state index is 0.701. The average molecular weight is 194 g/mol. The largest absolute Gasteiger partial charge is 0.305 e. The van der Waals surface area contributed by atoms with Crippen molar-refractivity contribution >= 4 is 0 Å². The summed E-state index contributed by atoms with van der Waals surface area (Å²) in [6, 6.07) is 0. The van der Waals surface area contributed by atoms with Crippen LogP contribution in [0.2, 0.25) is 0 Å². The fourth-order valence-electron chi connectivity index (χ4n) is 2.16. The van der Waals surface area contributed by atoms with E-state index in [1.54, 1.807) is 0 Å². The van der Waals surface area contributed by atoms with Gasteiger partial charge in [0.15, 0.2) is 0 Å². The second kappa shape index (κ2) is 6.86. The quantitative estimate of drug-likeness (QED) is 0.507. The molecule has 0 spiro atoms. The molecule has 1 unspecified atom stereocenters. The third-order valence-corrected chi connectivity index (χ3v) is 2.90. The lowest BCUT2D eigenvalue weighted by Gasteiger charge is -2.15. The molecule has 0 aromatic rings. The van der Waals surface area contributed by atoms with Gasteiger partial charge < -0.3 is 10.2 Å². The van der Waals surface area contributed by atoms with Gasteiger partial charge in [-0.1, -0.05) is 19.3 Å². The second-order valence-electron chi connectivity index (χ2n) is 4.12. The molecular weight excluding hydrogens is 172 g/mol. The molecule has 0 aromatic carbocycles. The summed E-state index contributed by atoms with van der Waals surface area (Å²) in [4.78, 5) is 2.55. The van der Waals surface area contributed by atoms with E-state index in [1.165, 1.54) is 32.4 Å². The van der Waals surface area contributed by atoms with E-state index in [2.05, 4.69) is 23.1 Å². The molecule has 80 valence electrons. The zero-order valence-electron chi connectivity index (χ0n) is 9.26. The van der Waals surface area contributed by atoms with Gasteiger partial charge in [0.2, 0.25) is 0 Å². The molecular formula is C12H22N2. The number of rotatable bonds is 6. The molecule has 1 rings (SSSR count). The SMILES string of the molecule is C#CCNCCN1CCC(CCC)C1. The Balaban J connectivity index is 2.02. The summed E-state index contributed by atoms with van der Waals surface area (Å²) in [5.41, 5.74) is 0. The molecule has 0 radical (unpaired) electrons. The molecule has 1 aliphatic heterocycles. The molecule has 1 N–H and O–H groups in total. The van der Waals surface area contributed by atoms with Crippen molar-refractivity contribution in [1.82, 2.24) is 10.2 Å². The molecule has 1 atom stereocenters. The van der Waals surface area contributed by atoms with Crippen molar-refractivity contribution < 1.29 is 0 Å². The van der Waals surface area contributed by atoms with Crippen LogP contribution in [0.1, 0.15) is 26.2 Å². The van der Waals surface area contributed by atoms with Crippen molar-refractivity contribution in [3.05, 3.63) is 0 Å². The molecule has 14 heavy (non-hydrogen) atoms. The van der Waals surface area contributed by atoms with Gasteiger partial charge in [-0.2, -0.15) is 0 Å². The minimum absolute atomic E-state index is 0.701. The molecule has 1 fully saturated rings. The zero-order chi connectivity index (χ0) is 10.2. The summed E-state index contributed by atoms with van der Waals surface area (Å²) >= 11 is 0. The van der Waals surface area contributed by atoms with Crippen LogP contribution in [0.25, 0.3) is 0 Å². The minimum Gasteiger partial charge on any atom is -0.305 e. The van der Waals surface area contributed by atoms with Crippen LogP contribution in [-0.2, 0) is 0 Å². The number of hydrogen-bond acceptors (Lipinski definition) is 2. The van der Waals surface area contributed by atoms with E-state index < -0.39 is 0 Å². The first-order valence-electron chi connectivity index (χ1n) is 5.73. The van der Waals surface area contributed by atoms with Gasteiger partial charge in [-0.3, -0.25) is 0 Å². The van der Waals surface area contributed by atoms with Gasteiger partial charge in [0, 0.05) is 19.6 Å². The highest BCUT2D eigenvalue weighted by Gasteiger charge is 2.20. The van der Waals surface area contributed by atoms with Crippen LogP contribution in [-0.4, -0.2) is 37.6 Å². The fourth-order valence-corrected chi connectivity index (χ4v) is 2.16. The van der Waals surface area contributed by atoms with Gasteiger partial charge in [0.25, 0.3) is 0 Å². The molecule has 1 heterocycles. The molecule has 0 bridgehead atoms. The molecule has 0 aliphatic carbocycles. The van der Waals surface area contributed by atoms with E-state index in [9.17, 15) is 0 Å². The van der Waals surface area contributed by atoms with Crippen LogP contribution in [0.15, 0.2) is 0 Å². The molecule has 0 amide bonds. The standard InChI is InChI=1S/C12H22N2/c1-3-5-12-6-9-14(11-12)10-8-13-7-4-2/h2,12-13H,3,5-11H2,1H3. The van der Waals surface area contributed by atoms with Crippen LogP contribution in [0.5, 0.6) is 0 Å². The number of nitrogens with zero attached hydrogens (tertiary/aromatic N) is 1. The topological polar surface area (TPSA) is 15.3 Å².